The maximum atomic E-state index is 11.8. The van der Waals surface area contributed by atoms with Gasteiger partial charge in [0.15, 0.2) is 0 Å². The van der Waals surface area contributed by atoms with Crippen molar-refractivity contribution in [1.29, 1.82) is 0 Å². The van der Waals surface area contributed by atoms with Crippen LogP contribution in [0.3, 0.4) is 0 Å². The Kier molecular flexibility index (Phi) is 5.07. The highest BCUT2D eigenvalue weighted by Crippen LogP contribution is 2.12. The lowest BCUT2D eigenvalue weighted by Crippen LogP contribution is -2.50. The summed E-state index contributed by atoms with van der Waals surface area (Å²) in [7, 11) is 0. The number of piperazine rings is 1. The zero-order valence-corrected chi connectivity index (χ0v) is 10.3. The van der Waals surface area contributed by atoms with E-state index < -0.39 is 0 Å². The summed E-state index contributed by atoms with van der Waals surface area (Å²) in [6.45, 7) is 7.09. The van der Waals surface area contributed by atoms with Gasteiger partial charge >= 0.3 is 0 Å². The van der Waals surface area contributed by atoms with Crippen LogP contribution < -0.4 is 4.90 Å². The van der Waals surface area contributed by atoms with E-state index >= 15 is 0 Å². The molecule has 18 heavy (non-hydrogen) atoms. The van der Waals surface area contributed by atoms with Gasteiger partial charge in [0, 0.05) is 44.5 Å². The first-order valence-electron chi connectivity index (χ1n) is 5.98. The fraction of sp³-hybridized carbons (Fsp3) is 0.615. The van der Waals surface area contributed by atoms with Gasteiger partial charge in [0.05, 0.1) is 6.20 Å². The molecule has 1 aromatic heterocycles. The second-order valence-corrected chi connectivity index (χ2v) is 4.53. The van der Waals surface area contributed by atoms with Crippen LogP contribution in [-0.4, -0.2) is 47.0 Å². The molecular weight excluding hydrogens is 228 g/mol. The minimum absolute atomic E-state index is 0. The number of carbonyl (C=O) groups excluding carboxylic acids is 1. The minimum atomic E-state index is 0. The van der Waals surface area contributed by atoms with Gasteiger partial charge in [0.25, 0.3) is 0 Å². The van der Waals surface area contributed by atoms with Crippen LogP contribution in [0, 0.1) is 5.92 Å². The fourth-order valence-electron chi connectivity index (χ4n) is 1.98. The average molecular weight is 250 g/mol. The highest BCUT2D eigenvalue weighted by molar-refractivity contribution is 5.78. The quantitative estimate of drug-likeness (QED) is 0.796. The standard InChI is InChI=1S/C12H18N4O.CH4/c1-10(2)12(17)16-7-5-15(6-8-16)11-9-13-3-4-14-11;/h3-4,9-10H,5-8H2,1-2H3;1H4. The van der Waals surface area contributed by atoms with Crippen molar-refractivity contribution in [1.82, 2.24) is 14.9 Å². The Hall–Kier alpha value is -1.65. The van der Waals surface area contributed by atoms with Gasteiger partial charge in [-0.15, -0.1) is 0 Å². The molecule has 0 aliphatic carbocycles. The van der Waals surface area contributed by atoms with Gasteiger partial charge in [-0.3, -0.25) is 9.78 Å². The van der Waals surface area contributed by atoms with E-state index in [1.807, 2.05) is 18.7 Å². The molecule has 5 heteroatoms. The van der Waals surface area contributed by atoms with E-state index in [-0.39, 0.29) is 19.3 Å². The Morgan fingerprint density at radius 3 is 2.39 bits per heavy atom. The first-order valence-corrected chi connectivity index (χ1v) is 5.98. The van der Waals surface area contributed by atoms with Crippen LogP contribution in [0.25, 0.3) is 0 Å². The third-order valence-electron chi connectivity index (χ3n) is 2.96. The Balaban J connectivity index is 0.00000162. The molecule has 1 amide bonds. The van der Waals surface area contributed by atoms with Crippen molar-refractivity contribution < 1.29 is 4.79 Å². The van der Waals surface area contributed by atoms with Gasteiger partial charge in [0.1, 0.15) is 5.82 Å². The number of anilines is 1. The van der Waals surface area contributed by atoms with Crippen LogP contribution in [0.1, 0.15) is 21.3 Å². The topological polar surface area (TPSA) is 49.3 Å². The highest BCUT2D eigenvalue weighted by atomic mass is 16.2. The SMILES string of the molecule is C.CC(C)C(=O)N1CCN(c2cnccn2)CC1. The van der Waals surface area contributed by atoms with Crippen molar-refractivity contribution in [2.75, 3.05) is 31.1 Å². The van der Waals surface area contributed by atoms with Gasteiger partial charge in [0.2, 0.25) is 5.91 Å². The fourth-order valence-corrected chi connectivity index (χ4v) is 1.98. The van der Waals surface area contributed by atoms with Gasteiger partial charge in [-0.05, 0) is 0 Å². The lowest BCUT2D eigenvalue weighted by molar-refractivity contribution is -0.134. The molecule has 2 heterocycles. The number of hydrogen-bond donors (Lipinski definition) is 0. The monoisotopic (exact) mass is 250 g/mol. The van der Waals surface area contributed by atoms with E-state index in [0.717, 1.165) is 32.0 Å². The molecule has 1 saturated heterocycles. The Labute approximate surface area is 109 Å². The van der Waals surface area contributed by atoms with Crippen molar-refractivity contribution in [3.05, 3.63) is 18.6 Å². The molecule has 0 atom stereocenters. The van der Waals surface area contributed by atoms with Crippen molar-refractivity contribution in [3.8, 4) is 0 Å². The van der Waals surface area contributed by atoms with E-state index in [4.69, 9.17) is 0 Å². The Bertz CT molecular complexity index is 372. The molecule has 1 aliphatic rings. The molecule has 0 unspecified atom stereocenters. The predicted molar refractivity (Wildman–Crippen MR) is 72.4 cm³/mol. The smallest absolute Gasteiger partial charge is 0.225 e. The molecule has 0 N–H and O–H groups in total. The Morgan fingerprint density at radius 1 is 1.22 bits per heavy atom. The zero-order chi connectivity index (χ0) is 12.3. The lowest BCUT2D eigenvalue weighted by Gasteiger charge is -2.36. The van der Waals surface area contributed by atoms with E-state index in [1.54, 1.807) is 18.6 Å². The molecule has 1 aromatic rings. The molecular formula is C13H22N4O. The maximum absolute atomic E-state index is 11.8. The largest absolute Gasteiger partial charge is 0.352 e. The van der Waals surface area contributed by atoms with Crippen molar-refractivity contribution in [2.45, 2.75) is 21.3 Å². The highest BCUT2D eigenvalue weighted by Gasteiger charge is 2.23. The van der Waals surface area contributed by atoms with Crippen LogP contribution in [0.15, 0.2) is 18.6 Å². The van der Waals surface area contributed by atoms with Crippen molar-refractivity contribution >= 4 is 11.7 Å². The van der Waals surface area contributed by atoms with Gasteiger partial charge in [-0.1, -0.05) is 21.3 Å². The molecule has 100 valence electrons. The number of carbonyl (C=O) groups is 1. The molecule has 2 rings (SSSR count). The predicted octanol–water partition coefficient (Wildman–Crippen LogP) is 1.42. The van der Waals surface area contributed by atoms with Crippen LogP contribution in [0.4, 0.5) is 5.82 Å². The molecule has 1 fully saturated rings. The summed E-state index contributed by atoms with van der Waals surface area (Å²) in [6.07, 6.45) is 5.13. The van der Waals surface area contributed by atoms with Crippen LogP contribution in [-0.2, 0) is 4.79 Å². The molecule has 0 saturated carbocycles. The number of hydrogen-bond acceptors (Lipinski definition) is 4. The summed E-state index contributed by atoms with van der Waals surface area (Å²) >= 11 is 0. The lowest BCUT2D eigenvalue weighted by atomic mass is 10.1. The Morgan fingerprint density at radius 2 is 1.89 bits per heavy atom. The van der Waals surface area contributed by atoms with E-state index in [1.165, 1.54) is 0 Å². The number of rotatable bonds is 2. The van der Waals surface area contributed by atoms with Crippen molar-refractivity contribution in [2.24, 2.45) is 5.92 Å². The molecule has 0 aromatic carbocycles. The average Bonchev–Trinajstić information content (AvgIpc) is 2.39. The number of amides is 1. The van der Waals surface area contributed by atoms with E-state index in [0.29, 0.717) is 0 Å². The van der Waals surface area contributed by atoms with E-state index in [9.17, 15) is 4.79 Å². The van der Waals surface area contributed by atoms with Crippen molar-refractivity contribution in [3.63, 3.8) is 0 Å². The van der Waals surface area contributed by atoms with Crippen LogP contribution in [0.2, 0.25) is 0 Å². The van der Waals surface area contributed by atoms with Gasteiger partial charge in [-0.25, -0.2) is 4.98 Å². The number of nitrogens with zero attached hydrogens (tertiary/aromatic N) is 4. The third-order valence-corrected chi connectivity index (χ3v) is 2.96. The summed E-state index contributed by atoms with van der Waals surface area (Å²) in [6, 6.07) is 0. The molecule has 0 radical (unpaired) electrons. The maximum Gasteiger partial charge on any atom is 0.225 e. The van der Waals surface area contributed by atoms with Gasteiger partial charge < -0.3 is 9.80 Å². The second-order valence-electron chi connectivity index (χ2n) is 4.53. The molecule has 0 spiro atoms. The second kappa shape index (κ2) is 6.33. The molecule has 0 bridgehead atoms. The summed E-state index contributed by atoms with van der Waals surface area (Å²) in [5.41, 5.74) is 0. The summed E-state index contributed by atoms with van der Waals surface area (Å²) < 4.78 is 0. The molecule has 1 aliphatic heterocycles. The number of aromatic nitrogens is 2. The van der Waals surface area contributed by atoms with Crippen LogP contribution in [0.5, 0.6) is 0 Å². The first-order chi connectivity index (χ1) is 8.18. The van der Waals surface area contributed by atoms with Gasteiger partial charge in [-0.2, -0.15) is 0 Å². The normalized spacial score (nSPS) is 15.5. The minimum Gasteiger partial charge on any atom is -0.352 e. The van der Waals surface area contributed by atoms with Crippen LogP contribution >= 0.6 is 0 Å². The molecule has 5 nitrogen and oxygen atoms in total. The summed E-state index contributed by atoms with van der Waals surface area (Å²) in [4.78, 5) is 24.2. The third kappa shape index (κ3) is 3.18. The first kappa shape index (κ1) is 14.4. The summed E-state index contributed by atoms with van der Waals surface area (Å²) in [5.74, 6) is 1.21. The van der Waals surface area contributed by atoms with E-state index in [2.05, 4.69) is 14.9 Å². The zero-order valence-electron chi connectivity index (χ0n) is 10.3. The summed E-state index contributed by atoms with van der Waals surface area (Å²) in [5, 5.41) is 0.